The van der Waals surface area contributed by atoms with Gasteiger partial charge in [0.25, 0.3) is 0 Å². The average Bonchev–Trinajstić information content (AvgIpc) is 3.09. The third kappa shape index (κ3) is 5.46. The van der Waals surface area contributed by atoms with Crippen LogP contribution in [0.25, 0.3) is 11.1 Å². The normalized spacial score (nSPS) is 14.1. The van der Waals surface area contributed by atoms with Gasteiger partial charge < -0.3 is 20.5 Å². The molecule has 0 radical (unpaired) electrons. The number of rotatable bonds is 10. The SMILES string of the molecule is CCCC(CC(=O)O)NC(=O)[C@H](CC)NC(=O)OCC1c2ccccc2-c2ccccc21. The molecule has 170 valence electrons. The highest BCUT2D eigenvalue weighted by molar-refractivity contribution is 5.86. The molecule has 7 nitrogen and oxygen atoms in total. The van der Waals surface area contributed by atoms with E-state index in [9.17, 15) is 14.4 Å². The number of nitrogens with one attached hydrogen (secondary N) is 2. The summed E-state index contributed by atoms with van der Waals surface area (Å²) in [5, 5.41) is 14.4. The Labute approximate surface area is 188 Å². The first-order valence-electron chi connectivity index (χ1n) is 11.1. The molecule has 0 heterocycles. The Morgan fingerprint density at radius 3 is 2.09 bits per heavy atom. The molecule has 1 aliphatic rings. The number of hydrogen-bond acceptors (Lipinski definition) is 4. The van der Waals surface area contributed by atoms with E-state index < -0.39 is 30.1 Å². The first-order chi connectivity index (χ1) is 15.4. The Hall–Kier alpha value is -3.35. The van der Waals surface area contributed by atoms with Crippen molar-refractivity contribution >= 4 is 18.0 Å². The Bertz CT molecular complexity index is 929. The molecule has 2 amide bonds. The van der Waals surface area contributed by atoms with E-state index >= 15 is 0 Å². The van der Waals surface area contributed by atoms with E-state index in [0.717, 1.165) is 28.7 Å². The summed E-state index contributed by atoms with van der Waals surface area (Å²) < 4.78 is 5.52. The van der Waals surface area contributed by atoms with Crippen LogP contribution in [0.3, 0.4) is 0 Å². The summed E-state index contributed by atoms with van der Waals surface area (Å²) in [7, 11) is 0. The predicted octanol–water partition coefficient (Wildman–Crippen LogP) is 4.06. The number of carbonyl (C=O) groups excluding carboxylic acids is 2. The van der Waals surface area contributed by atoms with E-state index in [4.69, 9.17) is 9.84 Å². The van der Waals surface area contributed by atoms with E-state index in [0.29, 0.717) is 12.8 Å². The zero-order valence-corrected chi connectivity index (χ0v) is 18.5. The molecule has 0 spiro atoms. The third-order valence-electron chi connectivity index (χ3n) is 5.77. The van der Waals surface area contributed by atoms with Crippen LogP contribution in [-0.2, 0) is 14.3 Å². The maximum atomic E-state index is 12.6. The second kappa shape index (κ2) is 10.8. The fourth-order valence-corrected chi connectivity index (χ4v) is 4.22. The first-order valence-corrected chi connectivity index (χ1v) is 11.1. The molecule has 0 saturated carbocycles. The zero-order valence-electron chi connectivity index (χ0n) is 18.5. The topological polar surface area (TPSA) is 105 Å². The van der Waals surface area contributed by atoms with Gasteiger partial charge in [0.1, 0.15) is 12.6 Å². The summed E-state index contributed by atoms with van der Waals surface area (Å²) in [6.45, 7) is 3.86. The first kappa shape index (κ1) is 23.3. The maximum absolute atomic E-state index is 12.6. The van der Waals surface area contributed by atoms with Gasteiger partial charge in [0.2, 0.25) is 5.91 Å². The number of ether oxygens (including phenoxy) is 1. The molecule has 2 atom stereocenters. The molecular weight excluding hydrogens is 408 g/mol. The highest BCUT2D eigenvalue weighted by Gasteiger charge is 2.30. The Morgan fingerprint density at radius 2 is 1.56 bits per heavy atom. The minimum absolute atomic E-state index is 0.0634. The minimum Gasteiger partial charge on any atom is -0.481 e. The molecule has 0 aromatic heterocycles. The average molecular weight is 439 g/mol. The van der Waals surface area contributed by atoms with Crippen LogP contribution in [0.2, 0.25) is 0 Å². The van der Waals surface area contributed by atoms with E-state index in [-0.39, 0.29) is 18.9 Å². The molecule has 3 rings (SSSR count). The van der Waals surface area contributed by atoms with Crippen molar-refractivity contribution in [3.63, 3.8) is 0 Å². The molecule has 0 saturated heterocycles. The van der Waals surface area contributed by atoms with Crippen molar-refractivity contribution in [2.24, 2.45) is 0 Å². The molecule has 0 aliphatic heterocycles. The number of carboxylic acid groups (broad SMARTS) is 1. The summed E-state index contributed by atoms with van der Waals surface area (Å²) in [6, 6.07) is 14.9. The van der Waals surface area contributed by atoms with Crippen LogP contribution in [0.5, 0.6) is 0 Å². The minimum atomic E-state index is -0.971. The number of carboxylic acids is 1. The van der Waals surface area contributed by atoms with Crippen molar-refractivity contribution in [1.82, 2.24) is 10.6 Å². The molecule has 3 N–H and O–H groups in total. The second-order valence-corrected chi connectivity index (χ2v) is 8.02. The lowest BCUT2D eigenvalue weighted by Crippen LogP contribution is -2.50. The number of fused-ring (bicyclic) bond motifs is 3. The van der Waals surface area contributed by atoms with Gasteiger partial charge in [0.05, 0.1) is 6.42 Å². The molecule has 1 aliphatic carbocycles. The Kier molecular flexibility index (Phi) is 7.87. The van der Waals surface area contributed by atoms with Crippen molar-refractivity contribution in [3.8, 4) is 11.1 Å². The highest BCUT2D eigenvalue weighted by Crippen LogP contribution is 2.44. The summed E-state index contributed by atoms with van der Waals surface area (Å²) in [4.78, 5) is 36.1. The van der Waals surface area contributed by atoms with Gasteiger partial charge in [-0.15, -0.1) is 0 Å². The number of carbonyl (C=O) groups is 3. The van der Waals surface area contributed by atoms with Gasteiger partial charge in [-0.25, -0.2) is 4.79 Å². The molecular formula is C25H30N2O5. The van der Waals surface area contributed by atoms with Gasteiger partial charge >= 0.3 is 12.1 Å². The lowest BCUT2D eigenvalue weighted by atomic mass is 9.98. The maximum Gasteiger partial charge on any atom is 0.407 e. The quantitative estimate of drug-likeness (QED) is 0.519. The van der Waals surface area contributed by atoms with E-state index in [2.05, 4.69) is 22.8 Å². The summed E-state index contributed by atoms with van der Waals surface area (Å²) in [5.41, 5.74) is 4.51. The lowest BCUT2D eigenvalue weighted by Gasteiger charge is -2.22. The number of alkyl carbamates (subject to hydrolysis) is 1. The van der Waals surface area contributed by atoms with E-state index in [1.807, 2.05) is 43.3 Å². The third-order valence-corrected chi connectivity index (χ3v) is 5.77. The van der Waals surface area contributed by atoms with Gasteiger partial charge in [0, 0.05) is 12.0 Å². The molecule has 0 fully saturated rings. The Balaban J connectivity index is 1.60. The summed E-state index contributed by atoms with van der Waals surface area (Å²) in [6.07, 6.45) is 0.844. The van der Waals surface area contributed by atoms with Crippen LogP contribution in [0, 0.1) is 0 Å². The van der Waals surface area contributed by atoms with Crippen LogP contribution in [0.4, 0.5) is 4.79 Å². The largest absolute Gasteiger partial charge is 0.481 e. The van der Waals surface area contributed by atoms with Crippen molar-refractivity contribution in [1.29, 1.82) is 0 Å². The van der Waals surface area contributed by atoms with E-state index in [1.54, 1.807) is 6.92 Å². The smallest absolute Gasteiger partial charge is 0.407 e. The molecule has 2 aromatic rings. The fourth-order valence-electron chi connectivity index (χ4n) is 4.22. The van der Waals surface area contributed by atoms with Crippen molar-refractivity contribution in [3.05, 3.63) is 59.7 Å². The standard InChI is InChI=1S/C25H30N2O5/c1-3-9-16(14-23(28)29)26-24(30)22(4-2)27-25(31)32-15-21-19-12-7-5-10-17(19)18-11-6-8-13-20(18)21/h5-8,10-13,16,21-22H,3-4,9,14-15H2,1-2H3,(H,26,30)(H,27,31)(H,28,29)/t16?,22-/m0/s1. The highest BCUT2D eigenvalue weighted by atomic mass is 16.5. The molecule has 1 unspecified atom stereocenters. The van der Waals surface area contributed by atoms with Crippen LogP contribution in [-0.4, -0.2) is 41.8 Å². The second-order valence-electron chi connectivity index (χ2n) is 8.02. The van der Waals surface area contributed by atoms with Gasteiger partial charge in [0.15, 0.2) is 0 Å². The molecule has 2 aromatic carbocycles. The predicted molar refractivity (Wildman–Crippen MR) is 121 cm³/mol. The molecule has 32 heavy (non-hydrogen) atoms. The van der Waals surface area contributed by atoms with Crippen molar-refractivity contribution in [2.45, 2.75) is 57.5 Å². The van der Waals surface area contributed by atoms with Gasteiger partial charge in [-0.05, 0) is 35.1 Å². The van der Waals surface area contributed by atoms with Gasteiger partial charge in [-0.1, -0.05) is 68.8 Å². The van der Waals surface area contributed by atoms with Crippen LogP contribution in [0.15, 0.2) is 48.5 Å². The van der Waals surface area contributed by atoms with Gasteiger partial charge in [-0.2, -0.15) is 0 Å². The monoisotopic (exact) mass is 438 g/mol. The number of amides is 2. The summed E-state index contributed by atoms with van der Waals surface area (Å²) >= 11 is 0. The zero-order chi connectivity index (χ0) is 23.1. The van der Waals surface area contributed by atoms with Crippen LogP contribution in [0.1, 0.15) is 56.6 Å². The van der Waals surface area contributed by atoms with Crippen molar-refractivity contribution < 1.29 is 24.2 Å². The van der Waals surface area contributed by atoms with Crippen LogP contribution < -0.4 is 10.6 Å². The number of hydrogen-bond donors (Lipinski definition) is 3. The van der Waals surface area contributed by atoms with Crippen molar-refractivity contribution in [2.75, 3.05) is 6.61 Å². The van der Waals surface area contributed by atoms with E-state index in [1.165, 1.54) is 0 Å². The number of benzene rings is 2. The molecule has 0 bridgehead atoms. The summed E-state index contributed by atoms with van der Waals surface area (Å²) in [5.74, 6) is -1.44. The fraction of sp³-hybridized carbons (Fsp3) is 0.400. The van der Waals surface area contributed by atoms with Crippen LogP contribution >= 0.6 is 0 Å². The Morgan fingerprint density at radius 1 is 0.969 bits per heavy atom. The number of aliphatic carboxylic acids is 1. The van der Waals surface area contributed by atoms with Gasteiger partial charge in [-0.3, -0.25) is 9.59 Å². The molecule has 7 heteroatoms. The lowest BCUT2D eigenvalue weighted by molar-refractivity contribution is -0.137.